The highest BCUT2D eigenvalue weighted by Crippen LogP contribution is 2.02. The molecule has 0 fully saturated rings. The second-order valence-electron chi connectivity index (χ2n) is 1.80. The number of nitrogens with one attached hydrogen (secondary N) is 2. The Bertz CT molecular complexity index is 199. The smallest absolute Gasteiger partial charge is 0.0564 e. The van der Waals surface area contributed by atoms with E-state index in [0.717, 1.165) is 11.3 Å². The van der Waals surface area contributed by atoms with Gasteiger partial charge in [0.1, 0.15) is 0 Å². The highest BCUT2D eigenvalue weighted by atomic mass is 14.9. The third kappa shape index (κ3) is 1.29. The van der Waals surface area contributed by atoms with E-state index < -0.39 is 0 Å². The first-order chi connectivity index (χ1) is 4.33. The highest BCUT2D eigenvalue weighted by Gasteiger charge is 1.93. The minimum Gasteiger partial charge on any atom is -0.360 e. The summed E-state index contributed by atoms with van der Waals surface area (Å²) in [5.74, 6) is 0. The summed E-state index contributed by atoms with van der Waals surface area (Å²) in [4.78, 5) is 0. The normalized spacial score (nSPS) is 16.4. The topological polar surface area (TPSA) is 35.9 Å². The lowest BCUT2D eigenvalue weighted by Gasteiger charge is -2.04. The van der Waals surface area contributed by atoms with Crippen LogP contribution in [0, 0.1) is 5.41 Å². The summed E-state index contributed by atoms with van der Waals surface area (Å²) in [5.41, 5.74) is 1.70. The van der Waals surface area contributed by atoms with Gasteiger partial charge in [0.25, 0.3) is 0 Å². The van der Waals surface area contributed by atoms with Crippen LogP contribution in [0.25, 0.3) is 0 Å². The molecule has 0 aliphatic carbocycles. The molecule has 1 aliphatic heterocycles. The van der Waals surface area contributed by atoms with Gasteiger partial charge in [0.2, 0.25) is 0 Å². The van der Waals surface area contributed by atoms with Crippen molar-refractivity contribution in [2.24, 2.45) is 0 Å². The molecule has 0 amide bonds. The van der Waals surface area contributed by atoms with Crippen LogP contribution in [0.2, 0.25) is 0 Å². The molecule has 0 unspecified atom stereocenters. The van der Waals surface area contributed by atoms with Crippen LogP contribution in [-0.2, 0) is 0 Å². The fourth-order valence-electron chi connectivity index (χ4n) is 0.618. The Morgan fingerprint density at radius 1 is 1.67 bits per heavy atom. The number of hydrogen-bond donors (Lipinski definition) is 2. The predicted molar refractivity (Wildman–Crippen MR) is 38.3 cm³/mol. The summed E-state index contributed by atoms with van der Waals surface area (Å²) in [6.45, 7) is 3.71. The lowest BCUT2D eigenvalue weighted by Crippen LogP contribution is -2.08. The van der Waals surface area contributed by atoms with Gasteiger partial charge in [0, 0.05) is 12.4 Å². The van der Waals surface area contributed by atoms with Crippen molar-refractivity contribution in [3.05, 3.63) is 36.2 Å². The average Bonchev–Trinajstić information content (AvgIpc) is 1.88. The van der Waals surface area contributed by atoms with Crippen LogP contribution in [0.5, 0.6) is 0 Å². The Morgan fingerprint density at radius 3 is 2.89 bits per heavy atom. The van der Waals surface area contributed by atoms with Crippen LogP contribution >= 0.6 is 0 Å². The fraction of sp³-hybridized carbons (Fsp3) is 0. The molecule has 0 aromatic heterocycles. The van der Waals surface area contributed by atoms with Crippen LogP contribution < -0.4 is 5.32 Å². The minimum atomic E-state index is 0.780. The fourth-order valence-corrected chi connectivity index (χ4v) is 0.618. The van der Waals surface area contributed by atoms with Gasteiger partial charge in [0.15, 0.2) is 0 Å². The molecule has 0 radical (unpaired) electrons. The Morgan fingerprint density at radius 2 is 2.44 bits per heavy atom. The number of dihydropyridines is 1. The van der Waals surface area contributed by atoms with Crippen molar-refractivity contribution in [2.75, 3.05) is 0 Å². The highest BCUT2D eigenvalue weighted by molar-refractivity contribution is 5.77. The van der Waals surface area contributed by atoms with Crippen molar-refractivity contribution in [3.63, 3.8) is 0 Å². The quantitative estimate of drug-likeness (QED) is 0.501. The van der Waals surface area contributed by atoms with Crippen LogP contribution in [0.1, 0.15) is 0 Å². The Balaban J connectivity index is 2.77. The van der Waals surface area contributed by atoms with Crippen molar-refractivity contribution in [1.29, 1.82) is 5.41 Å². The van der Waals surface area contributed by atoms with E-state index in [0.29, 0.717) is 0 Å². The maximum absolute atomic E-state index is 6.86. The van der Waals surface area contributed by atoms with E-state index in [2.05, 4.69) is 11.9 Å². The monoisotopic (exact) mass is 120 g/mol. The molecule has 1 aliphatic rings. The molecule has 2 heteroatoms. The van der Waals surface area contributed by atoms with Crippen LogP contribution in [0.3, 0.4) is 0 Å². The maximum atomic E-state index is 6.86. The van der Waals surface area contributed by atoms with Gasteiger partial charge in [-0.05, 0) is 17.7 Å². The molecule has 0 spiro atoms. The van der Waals surface area contributed by atoms with Gasteiger partial charge in [-0.25, -0.2) is 0 Å². The molecule has 0 atom stereocenters. The van der Waals surface area contributed by atoms with Crippen LogP contribution in [0.15, 0.2) is 36.2 Å². The van der Waals surface area contributed by atoms with Gasteiger partial charge in [0.05, 0.1) is 5.70 Å². The van der Waals surface area contributed by atoms with Gasteiger partial charge in [-0.3, -0.25) is 0 Å². The summed E-state index contributed by atoms with van der Waals surface area (Å²) in [5, 5.41) is 9.73. The Labute approximate surface area is 54.1 Å². The summed E-state index contributed by atoms with van der Waals surface area (Å²) >= 11 is 0. The average molecular weight is 120 g/mol. The molecular weight excluding hydrogens is 112 g/mol. The zero-order valence-corrected chi connectivity index (χ0v) is 5.02. The largest absolute Gasteiger partial charge is 0.360 e. The van der Waals surface area contributed by atoms with Crippen molar-refractivity contribution in [1.82, 2.24) is 5.32 Å². The molecule has 0 bridgehead atoms. The summed E-state index contributed by atoms with van der Waals surface area (Å²) in [6.07, 6.45) is 6.69. The zero-order chi connectivity index (χ0) is 6.69. The SMILES string of the molecule is C=C1C=CNC(C=N)=C1. The van der Waals surface area contributed by atoms with E-state index in [1.807, 2.05) is 12.2 Å². The molecule has 9 heavy (non-hydrogen) atoms. The summed E-state index contributed by atoms with van der Waals surface area (Å²) in [6, 6.07) is 0. The second kappa shape index (κ2) is 2.31. The van der Waals surface area contributed by atoms with Gasteiger partial charge in [-0.15, -0.1) is 0 Å². The molecule has 1 heterocycles. The van der Waals surface area contributed by atoms with E-state index >= 15 is 0 Å². The predicted octanol–water partition coefficient (Wildman–Crippen LogP) is 1.19. The van der Waals surface area contributed by atoms with Crippen molar-refractivity contribution < 1.29 is 0 Å². The molecule has 0 saturated carbocycles. The zero-order valence-electron chi connectivity index (χ0n) is 5.02. The lowest BCUT2D eigenvalue weighted by atomic mass is 10.2. The van der Waals surface area contributed by atoms with Gasteiger partial charge in [-0.1, -0.05) is 6.58 Å². The standard InChI is InChI=1S/C7H8N2/c1-6-2-3-9-7(4-6)5-8/h2-5,8-9H,1H2. The molecule has 0 aromatic carbocycles. The second-order valence-corrected chi connectivity index (χ2v) is 1.80. The summed E-state index contributed by atoms with van der Waals surface area (Å²) in [7, 11) is 0. The molecule has 1 rings (SSSR count). The van der Waals surface area contributed by atoms with Gasteiger partial charge in [-0.2, -0.15) is 0 Å². The van der Waals surface area contributed by atoms with Crippen LogP contribution in [-0.4, -0.2) is 6.21 Å². The Kier molecular flexibility index (Phi) is 1.49. The maximum Gasteiger partial charge on any atom is 0.0564 e. The van der Waals surface area contributed by atoms with Gasteiger partial charge >= 0.3 is 0 Å². The van der Waals surface area contributed by atoms with Crippen molar-refractivity contribution in [2.45, 2.75) is 0 Å². The molecule has 2 N–H and O–H groups in total. The van der Waals surface area contributed by atoms with E-state index in [9.17, 15) is 0 Å². The summed E-state index contributed by atoms with van der Waals surface area (Å²) < 4.78 is 0. The molecular formula is C7H8N2. The van der Waals surface area contributed by atoms with Crippen LogP contribution in [0.4, 0.5) is 0 Å². The third-order valence-corrected chi connectivity index (χ3v) is 1.04. The van der Waals surface area contributed by atoms with E-state index in [1.165, 1.54) is 6.21 Å². The molecule has 46 valence electrons. The van der Waals surface area contributed by atoms with E-state index in [4.69, 9.17) is 5.41 Å². The first-order valence-corrected chi connectivity index (χ1v) is 2.67. The number of allylic oxidation sites excluding steroid dienone is 4. The Hall–Kier alpha value is -1.31. The molecule has 2 nitrogen and oxygen atoms in total. The number of rotatable bonds is 1. The van der Waals surface area contributed by atoms with Crippen molar-refractivity contribution in [3.8, 4) is 0 Å². The molecule has 0 aromatic rings. The van der Waals surface area contributed by atoms with Gasteiger partial charge < -0.3 is 10.7 Å². The molecule has 0 saturated heterocycles. The minimum absolute atomic E-state index is 0.780. The first-order valence-electron chi connectivity index (χ1n) is 2.67. The van der Waals surface area contributed by atoms with E-state index in [1.54, 1.807) is 6.20 Å². The number of hydrogen-bond acceptors (Lipinski definition) is 2. The first kappa shape index (κ1) is 5.82. The lowest BCUT2D eigenvalue weighted by molar-refractivity contribution is 1.12. The van der Waals surface area contributed by atoms with Crippen molar-refractivity contribution >= 4 is 6.21 Å². The third-order valence-electron chi connectivity index (χ3n) is 1.04. The van der Waals surface area contributed by atoms with E-state index in [-0.39, 0.29) is 0 Å².